The van der Waals surface area contributed by atoms with Crippen LogP contribution in [0.5, 0.6) is 0 Å². The van der Waals surface area contributed by atoms with Gasteiger partial charge in [0, 0.05) is 36.0 Å². The summed E-state index contributed by atoms with van der Waals surface area (Å²) < 4.78 is 15.3. The molecule has 2 atom stereocenters. The zero-order valence-electron chi connectivity index (χ0n) is 23.5. The van der Waals surface area contributed by atoms with E-state index in [4.69, 9.17) is 9.47 Å². The molecule has 0 spiro atoms. The van der Waals surface area contributed by atoms with Gasteiger partial charge in [-0.25, -0.2) is 19.6 Å². The quantitative estimate of drug-likeness (QED) is 0.149. The van der Waals surface area contributed by atoms with Crippen molar-refractivity contribution in [3.05, 3.63) is 96.6 Å². The summed E-state index contributed by atoms with van der Waals surface area (Å²) in [6, 6.07) is 20.0. The highest BCUT2D eigenvalue weighted by molar-refractivity contribution is 7.99. The lowest BCUT2D eigenvalue weighted by molar-refractivity contribution is -0.165. The van der Waals surface area contributed by atoms with E-state index in [1.807, 2.05) is 83.9 Å². The fourth-order valence-electron chi connectivity index (χ4n) is 4.51. The van der Waals surface area contributed by atoms with Crippen molar-refractivity contribution in [2.24, 2.45) is 14.1 Å². The molecule has 2 aromatic carbocycles. The van der Waals surface area contributed by atoms with Crippen molar-refractivity contribution < 1.29 is 19.1 Å². The largest absolute Gasteiger partial charge is 0.455 e. The number of hydrogen-bond acceptors (Lipinski definition) is 8. The molecule has 4 aromatic rings. The standard InChI is InChI=1S/C32H32N4O4S2/c1-35-23(21-33-31(35)41-25-11-5-3-6-12-25)17-19-29(37)39-27-15-9-10-16-28(27)40-30(38)20-18-24-22-34-32(36(24)2)42-26-13-7-4-8-14-26/h3-8,11-14,17-22,27-28H,9-10,15-16H2,1-2H3/b19-17+,20-18+/t27-,28-/m1/s1. The van der Waals surface area contributed by atoms with Crippen molar-refractivity contribution >= 4 is 47.6 Å². The number of benzene rings is 2. The molecule has 42 heavy (non-hydrogen) atoms. The molecule has 1 saturated carbocycles. The van der Waals surface area contributed by atoms with Crippen LogP contribution in [0.15, 0.2) is 105 Å². The number of hydrogen-bond donors (Lipinski definition) is 0. The Balaban J connectivity index is 1.15. The van der Waals surface area contributed by atoms with Crippen LogP contribution in [0.25, 0.3) is 12.2 Å². The summed E-state index contributed by atoms with van der Waals surface area (Å²) in [6.45, 7) is 0. The second kappa shape index (κ2) is 14.2. The molecule has 8 nitrogen and oxygen atoms in total. The lowest BCUT2D eigenvalue weighted by atomic mass is 9.94. The van der Waals surface area contributed by atoms with Crippen LogP contribution in [0.3, 0.4) is 0 Å². The maximum atomic E-state index is 12.7. The minimum atomic E-state index is -0.491. The molecule has 1 fully saturated rings. The third-order valence-corrected chi connectivity index (χ3v) is 8.96. The molecule has 0 aliphatic heterocycles. The Bertz CT molecular complexity index is 1450. The molecule has 1 aliphatic carbocycles. The number of nitrogens with zero attached hydrogens (tertiary/aromatic N) is 4. The minimum Gasteiger partial charge on any atom is -0.455 e. The van der Waals surface area contributed by atoms with Crippen LogP contribution in [0, 0.1) is 0 Å². The first-order valence-electron chi connectivity index (χ1n) is 13.7. The van der Waals surface area contributed by atoms with Crippen LogP contribution in [-0.4, -0.2) is 43.2 Å². The van der Waals surface area contributed by atoms with Gasteiger partial charge in [-0.05, 0) is 62.1 Å². The lowest BCUT2D eigenvalue weighted by Gasteiger charge is -2.30. The average molecular weight is 601 g/mol. The van der Waals surface area contributed by atoms with Crippen molar-refractivity contribution in [1.29, 1.82) is 0 Å². The molecule has 0 N–H and O–H groups in total. The van der Waals surface area contributed by atoms with Gasteiger partial charge >= 0.3 is 11.9 Å². The van der Waals surface area contributed by atoms with Gasteiger partial charge in [0.05, 0.1) is 23.8 Å². The molecule has 10 heteroatoms. The third kappa shape index (κ3) is 7.83. The lowest BCUT2D eigenvalue weighted by Crippen LogP contribution is -2.37. The van der Waals surface area contributed by atoms with Crippen molar-refractivity contribution in [1.82, 2.24) is 19.1 Å². The van der Waals surface area contributed by atoms with E-state index in [2.05, 4.69) is 9.97 Å². The highest BCUT2D eigenvalue weighted by atomic mass is 32.2. The Labute approximate surface area is 253 Å². The molecule has 0 amide bonds. The van der Waals surface area contributed by atoms with E-state index < -0.39 is 24.1 Å². The minimum absolute atomic E-state index is 0.477. The predicted molar refractivity (Wildman–Crippen MR) is 164 cm³/mol. The Morgan fingerprint density at radius 3 is 1.52 bits per heavy atom. The van der Waals surface area contributed by atoms with Crippen LogP contribution < -0.4 is 0 Å². The van der Waals surface area contributed by atoms with Crippen molar-refractivity contribution in [3.63, 3.8) is 0 Å². The van der Waals surface area contributed by atoms with Crippen molar-refractivity contribution in [2.75, 3.05) is 0 Å². The molecule has 0 radical (unpaired) electrons. The highest BCUT2D eigenvalue weighted by Gasteiger charge is 2.30. The monoisotopic (exact) mass is 600 g/mol. The SMILES string of the molecule is Cn1c(/C=C/C(=O)O[C@@H]2CCCC[C@H]2OC(=O)/C=C/c2cnc(Sc3ccccc3)n2C)cnc1Sc1ccccc1. The molecular weight excluding hydrogens is 569 g/mol. The molecule has 0 saturated heterocycles. The fourth-order valence-corrected chi connectivity index (χ4v) is 6.22. The molecule has 5 rings (SSSR count). The number of ether oxygens (including phenoxy) is 2. The van der Waals surface area contributed by atoms with Crippen molar-refractivity contribution in [2.45, 2.75) is 58.0 Å². The Hall–Kier alpha value is -4.02. The Morgan fingerprint density at radius 1 is 0.714 bits per heavy atom. The van der Waals surface area contributed by atoms with Gasteiger partial charge in [-0.2, -0.15) is 0 Å². The maximum absolute atomic E-state index is 12.7. The molecule has 2 aromatic heterocycles. The van der Waals surface area contributed by atoms with Gasteiger partial charge in [0.25, 0.3) is 0 Å². The zero-order valence-corrected chi connectivity index (χ0v) is 25.1. The first-order chi connectivity index (χ1) is 20.5. The second-order valence-corrected chi connectivity index (χ2v) is 11.9. The second-order valence-electron chi connectivity index (χ2n) is 9.78. The fraction of sp³-hybridized carbons (Fsp3) is 0.250. The molecule has 0 unspecified atom stereocenters. The summed E-state index contributed by atoms with van der Waals surface area (Å²) in [4.78, 5) is 36.5. The number of esters is 2. The van der Waals surface area contributed by atoms with E-state index in [0.717, 1.165) is 44.3 Å². The Kier molecular flexibility index (Phi) is 9.99. The number of aromatic nitrogens is 4. The van der Waals surface area contributed by atoms with Gasteiger partial charge in [0.2, 0.25) is 0 Å². The van der Waals surface area contributed by atoms with E-state index in [1.165, 1.54) is 12.2 Å². The van der Waals surface area contributed by atoms with Gasteiger partial charge in [0.1, 0.15) is 12.2 Å². The van der Waals surface area contributed by atoms with Gasteiger partial charge in [-0.15, -0.1) is 0 Å². The van der Waals surface area contributed by atoms with E-state index in [1.54, 1.807) is 48.1 Å². The average Bonchev–Trinajstić information content (AvgIpc) is 3.53. The van der Waals surface area contributed by atoms with Gasteiger partial charge < -0.3 is 18.6 Å². The van der Waals surface area contributed by atoms with Gasteiger partial charge in [0.15, 0.2) is 10.3 Å². The van der Waals surface area contributed by atoms with E-state index in [9.17, 15) is 9.59 Å². The van der Waals surface area contributed by atoms with Crippen LogP contribution in [0.1, 0.15) is 37.1 Å². The maximum Gasteiger partial charge on any atom is 0.331 e. The summed E-state index contributed by atoms with van der Waals surface area (Å²) in [5, 5.41) is 1.64. The smallest absolute Gasteiger partial charge is 0.331 e. The van der Waals surface area contributed by atoms with Crippen LogP contribution in [-0.2, 0) is 33.2 Å². The summed E-state index contributed by atoms with van der Waals surface area (Å²) in [7, 11) is 3.81. The van der Waals surface area contributed by atoms with Crippen LogP contribution in [0.2, 0.25) is 0 Å². The molecular formula is C32H32N4O4S2. The first-order valence-corrected chi connectivity index (χ1v) is 15.4. The number of carbonyl (C=O) groups excluding carboxylic acids is 2. The van der Waals surface area contributed by atoms with Crippen LogP contribution in [0.4, 0.5) is 0 Å². The number of carbonyl (C=O) groups is 2. The van der Waals surface area contributed by atoms with E-state index >= 15 is 0 Å². The van der Waals surface area contributed by atoms with Gasteiger partial charge in [-0.3, -0.25) is 0 Å². The van der Waals surface area contributed by atoms with E-state index in [0.29, 0.717) is 12.8 Å². The number of imidazole rings is 2. The predicted octanol–water partition coefficient (Wildman–Crippen LogP) is 6.58. The zero-order chi connectivity index (χ0) is 29.3. The summed E-state index contributed by atoms with van der Waals surface area (Å²) >= 11 is 3.10. The number of rotatable bonds is 10. The normalized spacial score (nSPS) is 17.1. The first kappa shape index (κ1) is 29.5. The van der Waals surface area contributed by atoms with Crippen molar-refractivity contribution in [3.8, 4) is 0 Å². The summed E-state index contributed by atoms with van der Waals surface area (Å²) in [6.07, 6.45) is 11.7. The Morgan fingerprint density at radius 2 is 1.12 bits per heavy atom. The van der Waals surface area contributed by atoms with Crippen LogP contribution >= 0.6 is 23.5 Å². The molecule has 0 bridgehead atoms. The molecule has 2 heterocycles. The third-order valence-electron chi connectivity index (χ3n) is 6.83. The molecule has 1 aliphatic rings. The van der Waals surface area contributed by atoms with E-state index in [-0.39, 0.29) is 0 Å². The van der Waals surface area contributed by atoms with Gasteiger partial charge in [-0.1, -0.05) is 59.9 Å². The highest BCUT2D eigenvalue weighted by Crippen LogP contribution is 2.28. The molecule has 216 valence electrons. The summed E-state index contributed by atoms with van der Waals surface area (Å²) in [5.74, 6) is -0.953. The topological polar surface area (TPSA) is 88.2 Å². The summed E-state index contributed by atoms with van der Waals surface area (Å²) in [5.41, 5.74) is 1.56.